The Hall–Kier alpha value is -2.07. The van der Waals surface area contributed by atoms with E-state index in [1.807, 2.05) is 5.38 Å². The van der Waals surface area contributed by atoms with Crippen molar-refractivity contribution in [1.82, 2.24) is 5.32 Å². The maximum Gasteiger partial charge on any atom is 0.232 e. The Bertz CT molecular complexity index is 855. The van der Waals surface area contributed by atoms with Gasteiger partial charge >= 0.3 is 0 Å². The zero-order valence-electron chi connectivity index (χ0n) is 13.1. The number of carbonyl (C=O) groups is 1. The molecule has 25 heavy (non-hydrogen) atoms. The number of hydrogen-bond donors (Lipinski definition) is 1. The van der Waals surface area contributed by atoms with E-state index in [4.69, 9.17) is 0 Å². The van der Waals surface area contributed by atoms with Gasteiger partial charge in [-0.3, -0.25) is 9.10 Å². The lowest BCUT2D eigenvalue weighted by Crippen LogP contribution is -2.39. The Labute approximate surface area is 147 Å². The summed E-state index contributed by atoms with van der Waals surface area (Å²) in [4.78, 5) is 12.6. The third-order valence-corrected chi connectivity index (χ3v) is 5.29. The molecule has 136 valence electrons. The second-order valence-electron chi connectivity index (χ2n) is 5.14. The van der Waals surface area contributed by atoms with E-state index in [0.717, 1.165) is 17.2 Å². The first kappa shape index (κ1) is 19.3. The van der Waals surface area contributed by atoms with Crippen molar-refractivity contribution >= 4 is 33.0 Å². The zero-order valence-corrected chi connectivity index (χ0v) is 14.8. The Morgan fingerprint density at radius 2 is 1.92 bits per heavy atom. The zero-order chi connectivity index (χ0) is 18.6. The highest BCUT2D eigenvalue weighted by Crippen LogP contribution is 2.25. The first-order valence-corrected chi connectivity index (χ1v) is 9.83. The number of carbonyl (C=O) groups excluding carboxylic acids is 1. The highest BCUT2D eigenvalue weighted by molar-refractivity contribution is 7.92. The number of benzene rings is 1. The lowest BCUT2D eigenvalue weighted by Gasteiger charge is -2.23. The molecule has 10 heteroatoms. The van der Waals surface area contributed by atoms with Crippen molar-refractivity contribution in [1.29, 1.82) is 0 Å². The number of hydrogen-bond acceptors (Lipinski definition) is 4. The van der Waals surface area contributed by atoms with Crippen molar-refractivity contribution in [2.75, 3.05) is 23.7 Å². The molecule has 0 atom stereocenters. The Morgan fingerprint density at radius 3 is 2.52 bits per heavy atom. The largest absolute Gasteiger partial charge is 0.354 e. The van der Waals surface area contributed by atoms with E-state index >= 15 is 0 Å². The molecular weight excluding hydrogens is 377 g/mol. The van der Waals surface area contributed by atoms with Crippen LogP contribution in [0.15, 0.2) is 29.6 Å². The maximum absolute atomic E-state index is 13.9. The van der Waals surface area contributed by atoms with E-state index in [9.17, 15) is 26.4 Å². The molecule has 0 aliphatic carbocycles. The average Bonchev–Trinajstić information content (AvgIpc) is 3.02. The summed E-state index contributed by atoms with van der Waals surface area (Å²) in [6, 6.07) is 5.05. The van der Waals surface area contributed by atoms with Gasteiger partial charge in [-0.25, -0.2) is 21.6 Å². The van der Waals surface area contributed by atoms with E-state index in [-0.39, 0.29) is 25.4 Å². The molecule has 2 rings (SSSR count). The summed E-state index contributed by atoms with van der Waals surface area (Å²) >= 11 is 1.40. The third kappa shape index (κ3) is 4.95. The van der Waals surface area contributed by atoms with Crippen LogP contribution in [0.4, 0.5) is 18.9 Å². The highest BCUT2D eigenvalue weighted by Gasteiger charge is 2.24. The second kappa shape index (κ2) is 7.87. The SMILES string of the molecule is CS(=O)(=O)N(CCNC(=O)Cc1cccs1)c1ccc(F)c(F)c1F. The van der Waals surface area contributed by atoms with E-state index < -0.39 is 33.2 Å². The molecule has 2 aromatic rings. The summed E-state index contributed by atoms with van der Waals surface area (Å²) < 4.78 is 64.5. The molecule has 0 aliphatic rings. The van der Waals surface area contributed by atoms with Crippen LogP contribution in [0.2, 0.25) is 0 Å². The van der Waals surface area contributed by atoms with Crippen LogP contribution < -0.4 is 9.62 Å². The number of nitrogens with zero attached hydrogens (tertiary/aromatic N) is 1. The standard InChI is InChI=1S/C15H15F3N2O3S2/c1-25(22,23)20(12-5-4-11(16)14(17)15(12)18)7-6-19-13(21)9-10-3-2-8-24-10/h2-5,8H,6-7,9H2,1H3,(H,19,21). The van der Waals surface area contributed by atoms with Crippen LogP contribution in [-0.2, 0) is 21.2 Å². The van der Waals surface area contributed by atoms with E-state index in [0.29, 0.717) is 10.4 Å². The molecule has 0 saturated carbocycles. The van der Waals surface area contributed by atoms with Crippen molar-refractivity contribution in [3.05, 3.63) is 52.0 Å². The first-order chi connectivity index (χ1) is 11.7. The molecular formula is C15H15F3N2O3S2. The smallest absolute Gasteiger partial charge is 0.232 e. The summed E-state index contributed by atoms with van der Waals surface area (Å²) in [5.41, 5.74) is -0.617. The fourth-order valence-electron chi connectivity index (χ4n) is 2.10. The van der Waals surface area contributed by atoms with E-state index in [2.05, 4.69) is 5.32 Å². The molecule has 0 bridgehead atoms. The molecule has 0 spiro atoms. The summed E-state index contributed by atoms with van der Waals surface area (Å²) in [5.74, 6) is -5.11. The van der Waals surface area contributed by atoms with Crippen LogP contribution in [0.5, 0.6) is 0 Å². The second-order valence-corrected chi connectivity index (χ2v) is 8.07. The fraction of sp³-hybridized carbons (Fsp3) is 0.267. The Morgan fingerprint density at radius 1 is 1.20 bits per heavy atom. The molecule has 0 unspecified atom stereocenters. The minimum absolute atomic E-state index is 0.115. The molecule has 1 aromatic heterocycles. The monoisotopic (exact) mass is 392 g/mol. The van der Waals surface area contributed by atoms with Gasteiger partial charge in [0.1, 0.15) is 0 Å². The predicted molar refractivity (Wildman–Crippen MR) is 89.5 cm³/mol. The normalized spacial score (nSPS) is 11.4. The number of halogens is 3. The maximum atomic E-state index is 13.9. The van der Waals surface area contributed by atoms with Gasteiger partial charge in [0, 0.05) is 11.4 Å². The molecule has 1 heterocycles. The number of sulfonamides is 1. The number of rotatable bonds is 7. The first-order valence-electron chi connectivity index (χ1n) is 7.10. The third-order valence-electron chi connectivity index (χ3n) is 3.24. The summed E-state index contributed by atoms with van der Waals surface area (Å²) in [6.07, 6.45) is 0.942. The van der Waals surface area contributed by atoms with Crippen LogP contribution in [0.3, 0.4) is 0 Å². The molecule has 1 amide bonds. The number of nitrogens with one attached hydrogen (secondary N) is 1. The quantitative estimate of drug-likeness (QED) is 0.736. The fourth-order valence-corrected chi connectivity index (χ4v) is 3.73. The van der Waals surface area contributed by atoms with Crippen molar-refractivity contribution in [3.63, 3.8) is 0 Å². The number of anilines is 1. The molecule has 1 N–H and O–H groups in total. The molecule has 0 aliphatic heterocycles. The Kier molecular flexibility index (Phi) is 6.07. The molecule has 0 saturated heterocycles. The van der Waals surface area contributed by atoms with Gasteiger partial charge in [0.15, 0.2) is 17.5 Å². The minimum atomic E-state index is -3.96. The van der Waals surface area contributed by atoms with E-state index in [1.54, 1.807) is 12.1 Å². The van der Waals surface area contributed by atoms with Crippen LogP contribution in [0.1, 0.15) is 4.88 Å². The lowest BCUT2D eigenvalue weighted by molar-refractivity contribution is -0.120. The number of thiophene rings is 1. The van der Waals surface area contributed by atoms with Crippen molar-refractivity contribution < 1.29 is 26.4 Å². The van der Waals surface area contributed by atoms with Crippen LogP contribution in [-0.4, -0.2) is 33.7 Å². The van der Waals surface area contributed by atoms with E-state index in [1.165, 1.54) is 11.3 Å². The van der Waals surface area contributed by atoms with Crippen molar-refractivity contribution in [2.45, 2.75) is 6.42 Å². The van der Waals surface area contributed by atoms with Crippen molar-refractivity contribution in [3.8, 4) is 0 Å². The molecule has 1 aromatic carbocycles. The number of amides is 1. The minimum Gasteiger partial charge on any atom is -0.354 e. The van der Waals surface area contributed by atoms with Gasteiger partial charge in [-0.1, -0.05) is 6.07 Å². The molecule has 0 radical (unpaired) electrons. The van der Waals surface area contributed by atoms with Gasteiger partial charge in [0.25, 0.3) is 0 Å². The van der Waals surface area contributed by atoms with Crippen LogP contribution in [0, 0.1) is 17.5 Å². The average molecular weight is 392 g/mol. The van der Waals surface area contributed by atoms with Crippen molar-refractivity contribution in [2.24, 2.45) is 0 Å². The summed E-state index contributed by atoms with van der Waals surface area (Å²) in [5, 5.41) is 4.33. The van der Waals surface area contributed by atoms with Crippen LogP contribution >= 0.6 is 11.3 Å². The van der Waals surface area contributed by atoms with Gasteiger partial charge in [-0.05, 0) is 23.6 Å². The summed E-state index contributed by atoms with van der Waals surface area (Å²) in [7, 11) is -3.96. The van der Waals surface area contributed by atoms with Gasteiger partial charge < -0.3 is 5.32 Å². The van der Waals surface area contributed by atoms with Crippen LogP contribution in [0.25, 0.3) is 0 Å². The molecule has 5 nitrogen and oxygen atoms in total. The van der Waals surface area contributed by atoms with Gasteiger partial charge in [-0.15, -0.1) is 11.3 Å². The lowest BCUT2D eigenvalue weighted by atomic mass is 10.2. The highest BCUT2D eigenvalue weighted by atomic mass is 32.2. The summed E-state index contributed by atoms with van der Waals surface area (Å²) in [6.45, 7) is -0.438. The molecule has 0 fully saturated rings. The van der Waals surface area contributed by atoms with Gasteiger partial charge in [0.05, 0.1) is 24.9 Å². The van der Waals surface area contributed by atoms with Gasteiger partial charge in [-0.2, -0.15) is 0 Å². The Balaban J connectivity index is 2.07. The predicted octanol–water partition coefficient (Wildman–Crippen LogP) is 2.29. The topological polar surface area (TPSA) is 66.5 Å². The van der Waals surface area contributed by atoms with Gasteiger partial charge in [0.2, 0.25) is 15.9 Å².